The van der Waals surface area contributed by atoms with E-state index in [1.54, 1.807) is 42.5 Å². The van der Waals surface area contributed by atoms with E-state index in [9.17, 15) is 18.7 Å². The molecule has 1 amide bonds. The zero-order valence-electron chi connectivity index (χ0n) is 12.4. The smallest absolute Gasteiger partial charge is 0.255 e. The Morgan fingerprint density at radius 3 is 2.58 bits per heavy atom. The fourth-order valence-electron chi connectivity index (χ4n) is 2.38. The summed E-state index contributed by atoms with van der Waals surface area (Å²) < 4.78 is 20.4. The summed E-state index contributed by atoms with van der Waals surface area (Å²) >= 11 is -2.21. The molecule has 122 valence electrons. The van der Waals surface area contributed by atoms with Crippen LogP contribution in [0.15, 0.2) is 59.5 Å². The number of nitrogens with two attached hydrogens (primary N) is 1. The van der Waals surface area contributed by atoms with Gasteiger partial charge in [0.15, 0.2) is 11.1 Å². The fourth-order valence-corrected chi connectivity index (χ4v) is 2.82. The van der Waals surface area contributed by atoms with Crippen LogP contribution in [0.2, 0.25) is 0 Å². The van der Waals surface area contributed by atoms with Gasteiger partial charge in [0.05, 0.1) is 4.90 Å². The van der Waals surface area contributed by atoms with Gasteiger partial charge < -0.3 is 20.7 Å². The zero-order valence-corrected chi connectivity index (χ0v) is 13.2. The van der Waals surface area contributed by atoms with E-state index < -0.39 is 11.1 Å². The van der Waals surface area contributed by atoms with Crippen molar-refractivity contribution in [3.05, 3.63) is 60.2 Å². The Morgan fingerprint density at radius 1 is 1.08 bits per heavy atom. The highest BCUT2D eigenvalue weighted by molar-refractivity contribution is 7.79. The van der Waals surface area contributed by atoms with Crippen LogP contribution in [-0.2, 0) is 11.1 Å². The van der Waals surface area contributed by atoms with Crippen molar-refractivity contribution in [1.82, 2.24) is 0 Å². The van der Waals surface area contributed by atoms with Crippen molar-refractivity contribution in [2.75, 3.05) is 11.1 Å². The Balaban J connectivity index is 1.95. The van der Waals surface area contributed by atoms with Crippen molar-refractivity contribution in [1.29, 1.82) is 0 Å². The molecule has 1 unspecified atom stereocenters. The molecule has 5 N–H and O–H groups in total. The second-order valence-corrected chi connectivity index (χ2v) is 6.18. The SMILES string of the molecule is Nc1cccc(C(=O)Nc2ccc3c(O)cc(S(=O)O)cc3c2)c1. The molecule has 0 bridgehead atoms. The summed E-state index contributed by atoms with van der Waals surface area (Å²) in [6.07, 6.45) is 0. The third-order valence-electron chi connectivity index (χ3n) is 3.51. The normalized spacial score (nSPS) is 12.0. The maximum absolute atomic E-state index is 12.2. The molecular formula is C17H14N2O4S. The lowest BCUT2D eigenvalue weighted by Gasteiger charge is -2.09. The molecule has 1 atom stereocenters. The number of benzene rings is 3. The number of amides is 1. The molecule has 0 heterocycles. The first kappa shape index (κ1) is 16.0. The largest absolute Gasteiger partial charge is 0.507 e. The van der Waals surface area contributed by atoms with E-state index in [1.807, 2.05) is 0 Å². The maximum atomic E-state index is 12.2. The van der Waals surface area contributed by atoms with Crippen molar-refractivity contribution in [3.8, 4) is 5.75 Å². The number of fused-ring (bicyclic) bond motifs is 1. The van der Waals surface area contributed by atoms with Crippen LogP contribution >= 0.6 is 0 Å². The van der Waals surface area contributed by atoms with Gasteiger partial charge >= 0.3 is 0 Å². The Labute approximate surface area is 140 Å². The summed E-state index contributed by atoms with van der Waals surface area (Å²) in [5.41, 5.74) is 7.07. The summed E-state index contributed by atoms with van der Waals surface area (Å²) in [5.74, 6) is -0.425. The molecule has 3 aromatic rings. The fraction of sp³-hybridized carbons (Fsp3) is 0. The van der Waals surface area contributed by atoms with E-state index in [1.165, 1.54) is 12.1 Å². The number of nitrogens with one attached hydrogen (secondary N) is 1. The molecule has 3 aromatic carbocycles. The summed E-state index contributed by atoms with van der Waals surface area (Å²) in [5, 5.41) is 13.7. The van der Waals surface area contributed by atoms with Gasteiger partial charge in [-0.25, -0.2) is 4.21 Å². The number of anilines is 2. The van der Waals surface area contributed by atoms with Crippen LogP contribution in [0.4, 0.5) is 11.4 Å². The van der Waals surface area contributed by atoms with E-state index in [0.717, 1.165) is 0 Å². The first-order valence-corrected chi connectivity index (χ1v) is 8.09. The number of rotatable bonds is 3. The molecule has 0 aliphatic rings. The molecule has 7 heteroatoms. The molecule has 0 fully saturated rings. The molecule has 6 nitrogen and oxygen atoms in total. The minimum absolute atomic E-state index is 0.0827. The zero-order chi connectivity index (χ0) is 17.3. The minimum atomic E-state index is -2.21. The first-order chi connectivity index (χ1) is 11.4. The Hall–Kier alpha value is -2.90. The number of nitrogen functional groups attached to an aromatic ring is 1. The van der Waals surface area contributed by atoms with Gasteiger partial charge in [0.1, 0.15) is 5.75 Å². The number of carbonyl (C=O) groups excluding carboxylic acids is 1. The van der Waals surface area contributed by atoms with Crippen LogP contribution < -0.4 is 11.1 Å². The predicted octanol–water partition coefficient (Wildman–Crippen LogP) is 2.96. The summed E-state index contributed by atoms with van der Waals surface area (Å²) in [6, 6.07) is 14.2. The van der Waals surface area contributed by atoms with Gasteiger partial charge in [-0.15, -0.1) is 0 Å². The highest BCUT2D eigenvalue weighted by atomic mass is 32.2. The topological polar surface area (TPSA) is 113 Å². The molecule has 0 radical (unpaired) electrons. The van der Waals surface area contributed by atoms with Crippen molar-refractivity contribution >= 4 is 39.1 Å². The van der Waals surface area contributed by atoms with Gasteiger partial charge in [-0.1, -0.05) is 6.07 Å². The molecule has 24 heavy (non-hydrogen) atoms. The quantitative estimate of drug-likeness (QED) is 0.432. The number of hydrogen-bond acceptors (Lipinski definition) is 4. The molecule has 0 aromatic heterocycles. The highest BCUT2D eigenvalue weighted by Gasteiger charge is 2.10. The van der Waals surface area contributed by atoms with Crippen LogP contribution in [0.5, 0.6) is 5.75 Å². The predicted molar refractivity (Wildman–Crippen MR) is 93.5 cm³/mol. The van der Waals surface area contributed by atoms with Crippen LogP contribution in [0.3, 0.4) is 0 Å². The Kier molecular flexibility index (Phi) is 4.20. The second-order valence-electron chi connectivity index (χ2n) is 5.21. The number of aromatic hydroxyl groups is 1. The van der Waals surface area contributed by atoms with Gasteiger partial charge in [-0.05, 0) is 53.9 Å². The minimum Gasteiger partial charge on any atom is -0.507 e. The number of phenols is 1. The van der Waals surface area contributed by atoms with Crippen LogP contribution in [0.25, 0.3) is 10.8 Å². The van der Waals surface area contributed by atoms with Crippen LogP contribution in [-0.4, -0.2) is 19.8 Å². The van der Waals surface area contributed by atoms with E-state index >= 15 is 0 Å². The molecule has 0 aliphatic heterocycles. The molecule has 3 rings (SSSR count). The number of carbonyl (C=O) groups is 1. The lowest BCUT2D eigenvalue weighted by atomic mass is 10.1. The van der Waals surface area contributed by atoms with E-state index in [0.29, 0.717) is 27.7 Å². The summed E-state index contributed by atoms with van der Waals surface area (Å²) in [6.45, 7) is 0. The molecule has 0 aliphatic carbocycles. The van der Waals surface area contributed by atoms with E-state index in [-0.39, 0.29) is 16.6 Å². The Bertz CT molecular complexity index is 972. The molecular weight excluding hydrogens is 328 g/mol. The van der Waals surface area contributed by atoms with Crippen molar-refractivity contribution in [2.45, 2.75) is 4.90 Å². The molecule has 0 saturated carbocycles. The van der Waals surface area contributed by atoms with Crippen molar-refractivity contribution in [3.63, 3.8) is 0 Å². The van der Waals surface area contributed by atoms with Crippen LogP contribution in [0, 0.1) is 0 Å². The van der Waals surface area contributed by atoms with E-state index in [2.05, 4.69) is 5.32 Å². The first-order valence-electron chi connectivity index (χ1n) is 6.98. The molecule has 0 spiro atoms. The second kappa shape index (κ2) is 6.31. The van der Waals surface area contributed by atoms with Crippen molar-refractivity contribution in [2.24, 2.45) is 0 Å². The van der Waals surface area contributed by atoms with Gasteiger partial charge in [0.25, 0.3) is 5.91 Å². The lowest BCUT2D eigenvalue weighted by Crippen LogP contribution is -2.12. The Morgan fingerprint density at radius 2 is 1.88 bits per heavy atom. The van der Waals surface area contributed by atoms with Crippen molar-refractivity contribution < 1.29 is 18.7 Å². The van der Waals surface area contributed by atoms with Gasteiger partial charge in [0, 0.05) is 22.3 Å². The van der Waals surface area contributed by atoms with Gasteiger partial charge in [-0.2, -0.15) is 0 Å². The van der Waals surface area contributed by atoms with Gasteiger partial charge in [0.2, 0.25) is 0 Å². The highest BCUT2D eigenvalue weighted by Crippen LogP contribution is 2.30. The number of hydrogen-bond donors (Lipinski definition) is 4. The standard InChI is InChI=1S/C17H14N2O4S/c18-12-3-1-2-10(6-12)17(21)19-13-4-5-15-11(7-13)8-14(24(22)23)9-16(15)20/h1-9,20H,18H2,(H,19,21)(H,22,23). The monoisotopic (exact) mass is 342 g/mol. The average molecular weight is 342 g/mol. The molecule has 0 saturated heterocycles. The summed E-state index contributed by atoms with van der Waals surface area (Å²) in [4.78, 5) is 12.3. The van der Waals surface area contributed by atoms with E-state index in [4.69, 9.17) is 5.73 Å². The third-order valence-corrected chi connectivity index (χ3v) is 4.15. The summed E-state index contributed by atoms with van der Waals surface area (Å²) in [7, 11) is 0. The average Bonchev–Trinajstić information content (AvgIpc) is 2.54. The maximum Gasteiger partial charge on any atom is 0.255 e. The van der Waals surface area contributed by atoms with Crippen LogP contribution in [0.1, 0.15) is 10.4 Å². The third kappa shape index (κ3) is 3.22. The number of phenolic OH excluding ortho intramolecular Hbond substituents is 1. The van der Waals surface area contributed by atoms with Gasteiger partial charge in [-0.3, -0.25) is 4.79 Å². The lowest BCUT2D eigenvalue weighted by molar-refractivity contribution is 0.102.